The molecule has 1 aliphatic heterocycles. The molecule has 0 aromatic carbocycles. The molecule has 0 unspecified atom stereocenters. The summed E-state index contributed by atoms with van der Waals surface area (Å²) in [6.07, 6.45) is 4.16. The van der Waals surface area contributed by atoms with Crippen molar-refractivity contribution in [2.75, 3.05) is 25.0 Å². The Bertz CT molecular complexity index is 705. The van der Waals surface area contributed by atoms with Gasteiger partial charge >= 0.3 is 6.03 Å². The first-order valence-electron chi connectivity index (χ1n) is 8.61. The van der Waals surface area contributed by atoms with Gasteiger partial charge in [-0.3, -0.25) is 0 Å². The second-order valence-corrected chi connectivity index (χ2v) is 7.42. The fraction of sp³-hybridized carbons (Fsp3) is 0.625. The minimum absolute atomic E-state index is 0.144. The van der Waals surface area contributed by atoms with Crippen LogP contribution in [-0.2, 0) is 13.1 Å². The lowest BCUT2D eigenvalue weighted by Gasteiger charge is -2.18. The van der Waals surface area contributed by atoms with E-state index in [2.05, 4.69) is 39.2 Å². The van der Waals surface area contributed by atoms with Crippen LogP contribution < -0.4 is 10.2 Å². The first-order valence-corrected chi connectivity index (χ1v) is 9.49. The van der Waals surface area contributed by atoms with Crippen molar-refractivity contribution >= 4 is 22.5 Å². The molecule has 0 atom stereocenters. The summed E-state index contributed by atoms with van der Waals surface area (Å²) in [7, 11) is 1.76. The van der Waals surface area contributed by atoms with Gasteiger partial charge in [0.15, 0.2) is 11.0 Å². The number of carbonyl (C=O) groups excluding carboxylic acids is 1. The highest BCUT2D eigenvalue weighted by Crippen LogP contribution is 2.24. The number of carbonyl (C=O) groups is 1. The van der Waals surface area contributed by atoms with Crippen molar-refractivity contribution < 1.29 is 4.79 Å². The van der Waals surface area contributed by atoms with Crippen molar-refractivity contribution in [1.82, 2.24) is 30.0 Å². The van der Waals surface area contributed by atoms with E-state index in [1.165, 1.54) is 12.8 Å². The van der Waals surface area contributed by atoms with Gasteiger partial charge in [-0.15, -0.1) is 21.5 Å². The predicted octanol–water partition coefficient (Wildman–Crippen LogP) is 2.26. The summed E-state index contributed by atoms with van der Waals surface area (Å²) in [5.74, 6) is 0.776. The number of hydrogen-bond acceptors (Lipinski definition) is 6. The largest absolute Gasteiger partial charge is 0.348 e. The van der Waals surface area contributed by atoms with E-state index in [0.717, 1.165) is 29.7 Å². The molecule has 2 amide bonds. The number of amides is 2. The molecular weight excluding hydrogens is 338 g/mol. The lowest BCUT2D eigenvalue weighted by molar-refractivity contribution is 0.204. The van der Waals surface area contributed by atoms with Gasteiger partial charge in [-0.25, -0.2) is 9.78 Å². The van der Waals surface area contributed by atoms with Gasteiger partial charge in [0.05, 0.1) is 18.8 Å². The van der Waals surface area contributed by atoms with Gasteiger partial charge in [0.1, 0.15) is 6.33 Å². The zero-order valence-corrected chi connectivity index (χ0v) is 15.8. The maximum absolute atomic E-state index is 12.3. The number of anilines is 1. The summed E-state index contributed by atoms with van der Waals surface area (Å²) in [4.78, 5) is 20.8. The molecule has 136 valence electrons. The molecule has 2 aromatic heterocycles. The second kappa shape index (κ2) is 7.81. The van der Waals surface area contributed by atoms with Gasteiger partial charge in [0.25, 0.3) is 0 Å². The molecule has 3 rings (SSSR count). The van der Waals surface area contributed by atoms with Crippen LogP contribution in [0.4, 0.5) is 9.93 Å². The Labute approximate surface area is 151 Å². The predicted molar refractivity (Wildman–Crippen MR) is 97.7 cm³/mol. The monoisotopic (exact) mass is 363 g/mol. The second-order valence-electron chi connectivity index (χ2n) is 6.58. The molecule has 8 nitrogen and oxygen atoms in total. The maximum atomic E-state index is 12.3. The number of urea groups is 1. The van der Waals surface area contributed by atoms with Gasteiger partial charge in [0.2, 0.25) is 0 Å². The van der Waals surface area contributed by atoms with Gasteiger partial charge in [-0.1, -0.05) is 0 Å². The molecule has 1 aliphatic rings. The summed E-state index contributed by atoms with van der Waals surface area (Å²) in [6, 6.07) is 0.120. The van der Waals surface area contributed by atoms with E-state index in [9.17, 15) is 4.79 Å². The molecule has 0 saturated carbocycles. The zero-order valence-electron chi connectivity index (χ0n) is 15.0. The van der Waals surface area contributed by atoms with Crippen molar-refractivity contribution in [3.63, 3.8) is 0 Å². The fourth-order valence-electron chi connectivity index (χ4n) is 2.83. The number of hydrogen-bond donors (Lipinski definition) is 1. The van der Waals surface area contributed by atoms with Crippen LogP contribution in [-0.4, -0.2) is 50.8 Å². The Hall–Kier alpha value is -2.16. The minimum Gasteiger partial charge on any atom is -0.348 e. The van der Waals surface area contributed by atoms with E-state index >= 15 is 0 Å². The summed E-state index contributed by atoms with van der Waals surface area (Å²) in [5.41, 5.74) is 0.902. The Morgan fingerprint density at radius 3 is 2.88 bits per heavy atom. The van der Waals surface area contributed by atoms with Crippen LogP contribution >= 0.6 is 11.3 Å². The Kier molecular flexibility index (Phi) is 5.52. The van der Waals surface area contributed by atoms with Crippen LogP contribution in [0.5, 0.6) is 0 Å². The highest BCUT2D eigenvalue weighted by molar-refractivity contribution is 7.13. The summed E-state index contributed by atoms with van der Waals surface area (Å²) < 4.78 is 1.96. The molecule has 25 heavy (non-hydrogen) atoms. The molecule has 0 aliphatic carbocycles. The summed E-state index contributed by atoms with van der Waals surface area (Å²) in [5, 5.41) is 14.0. The molecule has 0 radical (unpaired) electrons. The molecule has 1 saturated heterocycles. The molecule has 2 aromatic rings. The zero-order chi connectivity index (χ0) is 17.8. The van der Waals surface area contributed by atoms with Crippen LogP contribution in [0.3, 0.4) is 0 Å². The highest BCUT2D eigenvalue weighted by atomic mass is 32.1. The molecular formula is C16H25N7OS. The third kappa shape index (κ3) is 4.28. The first-order chi connectivity index (χ1) is 12.0. The normalized spacial score (nSPS) is 14.3. The number of nitrogens with zero attached hydrogens (tertiary/aromatic N) is 6. The molecule has 9 heteroatoms. The number of nitrogens with one attached hydrogen (secondary N) is 1. The van der Waals surface area contributed by atoms with Crippen LogP contribution in [0.25, 0.3) is 0 Å². The van der Waals surface area contributed by atoms with Gasteiger partial charge in [-0.05, 0) is 26.7 Å². The Morgan fingerprint density at radius 1 is 1.40 bits per heavy atom. The van der Waals surface area contributed by atoms with E-state index < -0.39 is 0 Å². The molecule has 1 fully saturated rings. The molecule has 0 spiro atoms. The Morgan fingerprint density at radius 2 is 2.16 bits per heavy atom. The van der Waals surface area contributed by atoms with Crippen molar-refractivity contribution in [3.05, 3.63) is 23.2 Å². The van der Waals surface area contributed by atoms with Gasteiger partial charge < -0.3 is 19.7 Å². The SMILES string of the molecule is CC(C)n1cnnc1CN(C)C(=O)NCc1csc(N2CCCC2)n1. The van der Waals surface area contributed by atoms with Crippen LogP contribution in [0, 0.1) is 0 Å². The molecule has 3 heterocycles. The Balaban J connectivity index is 1.51. The highest BCUT2D eigenvalue weighted by Gasteiger charge is 2.17. The van der Waals surface area contributed by atoms with Gasteiger partial charge in [-0.2, -0.15) is 0 Å². The maximum Gasteiger partial charge on any atom is 0.317 e. The number of thiazole rings is 1. The van der Waals surface area contributed by atoms with E-state index in [4.69, 9.17) is 0 Å². The van der Waals surface area contributed by atoms with Crippen LogP contribution in [0.15, 0.2) is 11.7 Å². The minimum atomic E-state index is -0.144. The lowest BCUT2D eigenvalue weighted by Crippen LogP contribution is -2.37. The van der Waals surface area contributed by atoms with Crippen LogP contribution in [0.1, 0.15) is 44.2 Å². The third-order valence-corrected chi connectivity index (χ3v) is 5.22. The summed E-state index contributed by atoms with van der Waals surface area (Å²) >= 11 is 1.64. The number of aromatic nitrogens is 4. The lowest BCUT2D eigenvalue weighted by atomic mass is 10.4. The third-order valence-electron chi connectivity index (χ3n) is 4.27. The van der Waals surface area contributed by atoms with E-state index in [-0.39, 0.29) is 12.1 Å². The average Bonchev–Trinajstić information content (AvgIpc) is 3.32. The molecule has 0 bridgehead atoms. The number of rotatable bonds is 6. The average molecular weight is 363 g/mol. The van der Waals surface area contributed by atoms with Gasteiger partial charge in [0, 0.05) is 31.6 Å². The fourth-order valence-corrected chi connectivity index (χ4v) is 3.71. The van der Waals surface area contributed by atoms with Crippen LogP contribution in [0.2, 0.25) is 0 Å². The van der Waals surface area contributed by atoms with Crippen molar-refractivity contribution in [1.29, 1.82) is 0 Å². The standard InChI is InChI=1S/C16H25N7OS/c1-12(2)23-11-18-20-14(23)9-21(3)15(24)17-8-13-10-25-16(19-13)22-6-4-5-7-22/h10-12H,4-9H2,1-3H3,(H,17,24). The van der Waals surface area contributed by atoms with Crippen molar-refractivity contribution in [2.24, 2.45) is 0 Å². The summed E-state index contributed by atoms with van der Waals surface area (Å²) in [6.45, 7) is 7.14. The first kappa shape index (κ1) is 17.7. The topological polar surface area (TPSA) is 79.2 Å². The van der Waals surface area contributed by atoms with Crippen molar-refractivity contribution in [2.45, 2.75) is 45.8 Å². The smallest absolute Gasteiger partial charge is 0.317 e. The van der Waals surface area contributed by atoms with E-state index in [1.807, 2.05) is 9.95 Å². The molecule has 1 N–H and O–H groups in total. The van der Waals surface area contributed by atoms with E-state index in [1.54, 1.807) is 29.6 Å². The van der Waals surface area contributed by atoms with Crippen molar-refractivity contribution in [3.8, 4) is 0 Å². The van der Waals surface area contributed by atoms with E-state index in [0.29, 0.717) is 13.1 Å². The quantitative estimate of drug-likeness (QED) is 0.852.